The third-order valence-corrected chi connectivity index (χ3v) is 5.20. The molecule has 0 spiro atoms. The van der Waals surface area contributed by atoms with Crippen molar-refractivity contribution in [3.05, 3.63) is 47.5 Å². The van der Waals surface area contributed by atoms with Crippen LogP contribution in [-0.4, -0.2) is 35.7 Å². The minimum atomic E-state index is -0.0901. The fourth-order valence-electron chi connectivity index (χ4n) is 3.66. The summed E-state index contributed by atoms with van der Waals surface area (Å²) in [6, 6.07) is 8.79. The molecule has 2 aliphatic rings. The van der Waals surface area contributed by atoms with Crippen LogP contribution in [-0.2, 0) is 13.1 Å². The largest absolute Gasteiger partial charge is 0.393 e. The average Bonchev–Trinajstić information content (AvgIpc) is 2.59. The van der Waals surface area contributed by atoms with Gasteiger partial charge < -0.3 is 10.4 Å². The first-order chi connectivity index (χ1) is 11.3. The minimum absolute atomic E-state index is 0.0901. The Balaban J connectivity index is 1.50. The van der Waals surface area contributed by atoms with Crippen LogP contribution in [0.3, 0.4) is 0 Å². The molecule has 1 aliphatic carbocycles. The Morgan fingerprint density at radius 2 is 1.83 bits per heavy atom. The van der Waals surface area contributed by atoms with E-state index in [0.717, 1.165) is 51.5 Å². The van der Waals surface area contributed by atoms with Crippen LogP contribution in [0, 0.1) is 5.92 Å². The van der Waals surface area contributed by atoms with Gasteiger partial charge in [0.1, 0.15) is 0 Å². The summed E-state index contributed by atoms with van der Waals surface area (Å²) in [7, 11) is 0. The van der Waals surface area contributed by atoms with Crippen LogP contribution in [0.4, 0.5) is 0 Å². The molecule has 0 radical (unpaired) electrons. The summed E-state index contributed by atoms with van der Waals surface area (Å²) in [5, 5.41) is 13.3. The molecule has 0 bridgehead atoms. The van der Waals surface area contributed by atoms with Crippen molar-refractivity contribution in [2.75, 3.05) is 19.6 Å². The molecule has 1 fully saturated rings. The van der Waals surface area contributed by atoms with Crippen LogP contribution in [0.15, 0.2) is 36.4 Å². The first kappa shape index (κ1) is 16.7. The summed E-state index contributed by atoms with van der Waals surface area (Å²) in [5.41, 5.74) is 2.85. The van der Waals surface area contributed by atoms with E-state index >= 15 is 0 Å². The van der Waals surface area contributed by atoms with Gasteiger partial charge in [-0.05, 0) is 55.7 Å². The Bertz CT molecular complexity index is 506. The molecule has 3 heteroatoms. The molecule has 0 aromatic heterocycles. The summed E-state index contributed by atoms with van der Waals surface area (Å²) in [4.78, 5) is 2.47. The van der Waals surface area contributed by atoms with E-state index in [2.05, 4.69) is 46.6 Å². The Morgan fingerprint density at radius 1 is 1.04 bits per heavy atom. The van der Waals surface area contributed by atoms with Crippen molar-refractivity contribution in [1.82, 2.24) is 10.2 Å². The normalized spacial score (nSPS) is 23.3. The van der Waals surface area contributed by atoms with Gasteiger partial charge in [-0.3, -0.25) is 4.90 Å². The molecule has 1 aromatic rings. The lowest BCUT2D eigenvalue weighted by Crippen LogP contribution is -2.35. The van der Waals surface area contributed by atoms with Gasteiger partial charge in [0.25, 0.3) is 0 Å². The van der Waals surface area contributed by atoms with Gasteiger partial charge in [0, 0.05) is 26.2 Å². The van der Waals surface area contributed by atoms with Crippen LogP contribution < -0.4 is 5.32 Å². The minimum Gasteiger partial charge on any atom is -0.393 e. The van der Waals surface area contributed by atoms with Gasteiger partial charge >= 0.3 is 0 Å². The van der Waals surface area contributed by atoms with E-state index in [9.17, 15) is 5.11 Å². The van der Waals surface area contributed by atoms with Crippen molar-refractivity contribution in [1.29, 1.82) is 0 Å². The number of aliphatic hydroxyl groups is 1. The first-order valence-corrected chi connectivity index (χ1v) is 9.14. The number of hydrogen-bond donors (Lipinski definition) is 2. The van der Waals surface area contributed by atoms with Crippen LogP contribution in [0.5, 0.6) is 0 Å². The summed E-state index contributed by atoms with van der Waals surface area (Å²) < 4.78 is 0. The molecule has 3 nitrogen and oxygen atoms in total. The number of hydrogen-bond acceptors (Lipinski definition) is 3. The highest BCUT2D eigenvalue weighted by atomic mass is 16.3. The van der Waals surface area contributed by atoms with Crippen LogP contribution in [0.1, 0.15) is 43.2 Å². The van der Waals surface area contributed by atoms with Gasteiger partial charge in [0.05, 0.1) is 6.10 Å². The first-order valence-electron chi connectivity index (χ1n) is 9.14. The highest BCUT2D eigenvalue weighted by Gasteiger charge is 2.17. The number of rotatable bonds is 6. The fraction of sp³-hybridized carbons (Fsp3) is 0.600. The number of likely N-dealkylation sites (tertiary alicyclic amines) is 1. The van der Waals surface area contributed by atoms with Gasteiger partial charge in [-0.1, -0.05) is 36.4 Å². The summed E-state index contributed by atoms with van der Waals surface area (Å²) in [5.74, 6) is 0.802. The van der Waals surface area contributed by atoms with Crippen molar-refractivity contribution in [3.63, 3.8) is 0 Å². The number of nitrogens with zero attached hydrogens (tertiary/aromatic N) is 1. The molecule has 0 amide bonds. The lowest BCUT2D eigenvalue weighted by Gasteiger charge is -2.30. The lowest BCUT2D eigenvalue weighted by atomic mass is 9.94. The second-order valence-electron chi connectivity index (χ2n) is 7.06. The Hall–Kier alpha value is -1.16. The predicted octanol–water partition coefficient (Wildman–Crippen LogP) is 3.09. The maximum Gasteiger partial charge on any atom is 0.0564 e. The quantitative estimate of drug-likeness (QED) is 0.792. The number of nitrogens with one attached hydrogen (secondary N) is 1. The Labute approximate surface area is 140 Å². The molecule has 1 saturated heterocycles. The summed E-state index contributed by atoms with van der Waals surface area (Å²) >= 11 is 0. The topological polar surface area (TPSA) is 35.5 Å². The molecule has 1 aliphatic heterocycles. The second kappa shape index (κ2) is 8.62. The molecule has 1 unspecified atom stereocenters. The van der Waals surface area contributed by atoms with E-state index in [0.29, 0.717) is 0 Å². The zero-order valence-electron chi connectivity index (χ0n) is 14.1. The molecule has 2 N–H and O–H groups in total. The zero-order valence-corrected chi connectivity index (χ0v) is 14.1. The van der Waals surface area contributed by atoms with Crippen molar-refractivity contribution in [3.8, 4) is 0 Å². The SMILES string of the molecule is OC1CCN(Cc2ccccc2CNCC2CC=CCC2)CC1. The highest BCUT2D eigenvalue weighted by Crippen LogP contribution is 2.19. The van der Waals surface area contributed by atoms with E-state index in [1.165, 1.54) is 30.4 Å². The van der Waals surface area contributed by atoms with E-state index in [1.807, 2.05) is 0 Å². The zero-order chi connectivity index (χ0) is 15.9. The second-order valence-corrected chi connectivity index (χ2v) is 7.06. The van der Waals surface area contributed by atoms with Crippen molar-refractivity contribution in [2.45, 2.75) is 51.3 Å². The maximum absolute atomic E-state index is 9.65. The Kier molecular flexibility index (Phi) is 6.26. The molecule has 23 heavy (non-hydrogen) atoms. The van der Waals surface area contributed by atoms with Crippen molar-refractivity contribution < 1.29 is 5.11 Å². The van der Waals surface area contributed by atoms with E-state index in [1.54, 1.807) is 0 Å². The van der Waals surface area contributed by atoms with Crippen LogP contribution >= 0.6 is 0 Å². The van der Waals surface area contributed by atoms with Gasteiger partial charge in [0.2, 0.25) is 0 Å². The molecule has 0 saturated carbocycles. The number of piperidine rings is 1. The highest BCUT2D eigenvalue weighted by molar-refractivity contribution is 5.27. The van der Waals surface area contributed by atoms with Crippen LogP contribution in [0.2, 0.25) is 0 Å². The van der Waals surface area contributed by atoms with Gasteiger partial charge in [-0.15, -0.1) is 0 Å². The molecule has 1 aromatic carbocycles. The third-order valence-electron chi connectivity index (χ3n) is 5.20. The van der Waals surface area contributed by atoms with Gasteiger partial charge in [-0.2, -0.15) is 0 Å². The Morgan fingerprint density at radius 3 is 2.57 bits per heavy atom. The maximum atomic E-state index is 9.65. The summed E-state index contributed by atoms with van der Waals surface area (Å²) in [6.45, 7) is 5.12. The predicted molar refractivity (Wildman–Crippen MR) is 95.1 cm³/mol. The fourth-order valence-corrected chi connectivity index (χ4v) is 3.66. The molecule has 3 rings (SSSR count). The number of allylic oxidation sites excluding steroid dienone is 2. The van der Waals surface area contributed by atoms with Gasteiger partial charge in [-0.25, -0.2) is 0 Å². The number of aliphatic hydroxyl groups excluding tert-OH is 1. The monoisotopic (exact) mass is 314 g/mol. The smallest absolute Gasteiger partial charge is 0.0564 e. The standard InChI is InChI=1S/C20H30N2O/c23-20-10-12-22(13-11-20)16-19-9-5-4-8-18(19)15-21-14-17-6-2-1-3-7-17/h1-2,4-5,8-9,17,20-21,23H,3,6-7,10-16H2. The van der Waals surface area contributed by atoms with E-state index < -0.39 is 0 Å². The van der Waals surface area contributed by atoms with E-state index in [-0.39, 0.29) is 6.10 Å². The van der Waals surface area contributed by atoms with E-state index in [4.69, 9.17) is 0 Å². The van der Waals surface area contributed by atoms with Gasteiger partial charge in [0.15, 0.2) is 0 Å². The van der Waals surface area contributed by atoms with Crippen molar-refractivity contribution in [2.24, 2.45) is 5.92 Å². The average molecular weight is 314 g/mol. The molecular formula is C20H30N2O. The van der Waals surface area contributed by atoms with Crippen LogP contribution in [0.25, 0.3) is 0 Å². The van der Waals surface area contributed by atoms with Crippen molar-refractivity contribution >= 4 is 0 Å². The third kappa shape index (κ3) is 5.17. The summed E-state index contributed by atoms with van der Waals surface area (Å²) in [6.07, 6.45) is 10.2. The molecule has 1 atom stereocenters. The number of benzene rings is 1. The lowest BCUT2D eigenvalue weighted by molar-refractivity contribution is 0.0791. The molecule has 1 heterocycles. The molecule has 126 valence electrons. The molecular weight excluding hydrogens is 284 g/mol.